The molecule has 0 bridgehead atoms. The van der Waals surface area contributed by atoms with Crippen LogP contribution in [0.4, 0.5) is 0 Å². The number of aliphatic hydroxyl groups is 1. The maximum Gasteiger partial charge on any atom is 0.311 e. The fourth-order valence-corrected chi connectivity index (χ4v) is 4.70. The van der Waals surface area contributed by atoms with Crippen molar-refractivity contribution in [1.82, 2.24) is 0 Å². The van der Waals surface area contributed by atoms with Crippen LogP contribution >= 0.6 is 0 Å². The van der Waals surface area contributed by atoms with Gasteiger partial charge in [0, 0.05) is 0 Å². The Kier molecular flexibility index (Phi) is 4.09. The van der Waals surface area contributed by atoms with Gasteiger partial charge in [0.2, 0.25) is 0 Å². The number of fused-ring (bicyclic) bond motifs is 3. The van der Waals surface area contributed by atoms with E-state index >= 15 is 0 Å². The van der Waals surface area contributed by atoms with Crippen molar-refractivity contribution in [3.8, 4) is 0 Å². The van der Waals surface area contributed by atoms with Gasteiger partial charge >= 0.3 is 5.97 Å². The van der Waals surface area contributed by atoms with E-state index in [1.165, 1.54) is 23.8 Å². The monoisotopic (exact) mass is 314 g/mol. The summed E-state index contributed by atoms with van der Waals surface area (Å²) in [6.45, 7) is 8.31. The molecule has 0 amide bonds. The van der Waals surface area contributed by atoms with E-state index in [-0.39, 0.29) is 17.3 Å². The first kappa shape index (κ1) is 16.3. The lowest BCUT2D eigenvalue weighted by atomic mass is 9.54. The first-order chi connectivity index (χ1) is 10.9. The van der Waals surface area contributed by atoms with Gasteiger partial charge in [0.15, 0.2) is 0 Å². The lowest BCUT2D eigenvalue weighted by Crippen LogP contribution is -2.52. The number of esters is 1. The van der Waals surface area contributed by atoms with Crippen molar-refractivity contribution in [2.75, 3.05) is 7.11 Å². The normalized spacial score (nSPS) is 32.6. The van der Waals surface area contributed by atoms with E-state index in [1.54, 1.807) is 0 Å². The molecule has 3 nitrogen and oxygen atoms in total. The van der Waals surface area contributed by atoms with Crippen molar-refractivity contribution in [3.05, 3.63) is 41.5 Å². The quantitative estimate of drug-likeness (QED) is 0.850. The topological polar surface area (TPSA) is 46.5 Å². The number of aliphatic hydroxyl groups excluding tert-OH is 1. The number of carbonyl (C=O) groups is 1. The third-order valence-electron chi connectivity index (χ3n) is 6.04. The Morgan fingerprint density at radius 3 is 2.78 bits per heavy atom. The molecule has 0 unspecified atom stereocenters. The zero-order chi connectivity index (χ0) is 16.8. The number of ether oxygens (including phenoxy) is 1. The zero-order valence-corrected chi connectivity index (χ0v) is 14.3. The number of rotatable bonds is 2. The first-order valence-electron chi connectivity index (χ1n) is 8.43. The van der Waals surface area contributed by atoms with Crippen molar-refractivity contribution in [2.45, 2.75) is 51.0 Å². The molecule has 1 N–H and O–H groups in total. The predicted octanol–water partition coefficient (Wildman–Crippen LogP) is 3.48. The fraction of sp³-hybridized carbons (Fsp3) is 0.550. The molecule has 1 aromatic carbocycles. The van der Waals surface area contributed by atoms with Gasteiger partial charge in [0.1, 0.15) is 0 Å². The fourth-order valence-electron chi connectivity index (χ4n) is 4.70. The summed E-state index contributed by atoms with van der Waals surface area (Å²) >= 11 is 0. The minimum Gasteiger partial charge on any atom is -0.469 e. The van der Waals surface area contributed by atoms with Crippen molar-refractivity contribution in [2.24, 2.45) is 11.8 Å². The number of allylic oxidation sites excluding steroid dienone is 1. The van der Waals surface area contributed by atoms with Gasteiger partial charge in [-0.25, -0.2) is 0 Å². The molecule has 0 aliphatic heterocycles. The largest absolute Gasteiger partial charge is 0.469 e. The van der Waals surface area contributed by atoms with Crippen LogP contribution in [0.15, 0.2) is 24.8 Å². The second-order valence-electron chi connectivity index (χ2n) is 7.37. The summed E-state index contributed by atoms with van der Waals surface area (Å²) in [5.41, 5.74) is 4.89. The van der Waals surface area contributed by atoms with E-state index in [1.807, 2.05) is 6.92 Å². The molecule has 3 rings (SSSR count). The Balaban J connectivity index is 2.04. The van der Waals surface area contributed by atoms with Crippen LogP contribution < -0.4 is 0 Å². The van der Waals surface area contributed by atoms with E-state index in [0.717, 1.165) is 24.8 Å². The molecule has 124 valence electrons. The zero-order valence-electron chi connectivity index (χ0n) is 14.3. The van der Waals surface area contributed by atoms with Crippen LogP contribution in [0.25, 0.3) is 5.57 Å². The highest BCUT2D eigenvalue weighted by atomic mass is 16.5. The number of hydrogen-bond acceptors (Lipinski definition) is 3. The number of benzene rings is 1. The predicted molar refractivity (Wildman–Crippen MR) is 91.1 cm³/mol. The summed E-state index contributed by atoms with van der Waals surface area (Å²) < 4.78 is 4.98. The van der Waals surface area contributed by atoms with E-state index in [9.17, 15) is 9.90 Å². The Labute approximate surface area is 138 Å². The average molecular weight is 314 g/mol. The SMILES string of the molecule is C=C(C)c1ccc2c(c1)CC[C@@H]1[C@H](C(=O)OC)[C@@H](O)CC[C@]21C. The minimum atomic E-state index is -0.586. The molecule has 23 heavy (non-hydrogen) atoms. The van der Waals surface area contributed by atoms with Gasteiger partial charge in [0.25, 0.3) is 0 Å². The highest BCUT2D eigenvalue weighted by Crippen LogP contribution is 2.52. The van der Waals surface area contributed by atoms with Gasteiger partial charge < -0.3 is 9.84 Å². The molecule has 0 radical (unpaired) electrons. The minimum absolute atomic E-state index is 0.0702. The van der Waals surface area contributed by atoms with Crippen molar-refractivity contribution in [1.29, 1.82) is 0 Å². The molecule has 2 aliphatic rings. The summed E-state index contributed by atoms with van der Waals surface area (Å²) in [7, 11) is 1.41. The molecule has 2 aliphatic carbocycles. The average Bonchev–Trinajstić information content (AvgIpc) is 2.54. The van der Waals surface area contributed by atoms with Gasteiger partial charge in [-0.1, -0.05) is 37.3 Å². The highest BCUT2D eigenvalue weighted by molar-refractivity contribution is 5.74. The smallest absolute Gasteiger partial charge is 0.311 e. The standard InChI is InChI=1S/C20H26O3/c1-12(2)13-5-7-15-14(11-13)6-8-16-18(19(22)23-4)17(21)9-10-20(15,16)3/h5,7,11,16-18,21H,1,6,8-10H2,2-4H3/t16-,17+,18+,20-/m1/s1. The molecular formula is C20H26O3. The summed E-state index contributed by atoms with van der Waals surface area (Å²) in [6, 6.07) is 6.59. The number of carbonyl (C=O) groups excluding carboxylic acids is 1. The third kappa shape index (κ3) is 2.51. The van der Waals surface area contributed by atoms with Gasteiger partial charge in [-0.3, -0.25) is 4.79 Å². The molecule has 1 fully saturated rings. The lowest BCUT2D eigenvalue weighted by molar-refractivity contribution is -0.158. The Bertz CT molecular complexity index is 648. The Morgan fingerprint density at radius 2 is 2.13 bits per heavy atom. The van der Waals surface area contributed by atoms with Gasteiger partial charge in [0.05, 0.1) is 19.1 Å². The van der Waals surface area contributed by atoms with E-state index in [2.05, 4.69) is 31.7 Å². The second-order valence-corrected chi connectivity index (χ2v) is 7.37. The van der Waals surface area contributed by atoms with E-state index in [0.29, 0.717) is 6.42 Å². The number of hydrogen-bond donors (Lipinski definition) is 1. The molecule has 4 atom stereocenters. The Hall–Kier alpha value is -1.61. The molecule has 1 saturated carbocycles. The van der Waals surface area contributed by atoms with Crippen LogP contribution in [0, 0.1) is 11.8 Å². The lowest BCUT2D eigenvalue weighted by Gasteiger charge is -2.51. The molecule has 1 aromatic rings. The first-order valence-corrected chi connectivity index (χ1v) is 8.43. The van der Waals surface area contributed by atoms with Crippen LogP contribution in [0.2, 0.25) is 0 Å². The number of aryl methyl sites for hydroxylation is 1. The van der Waals surface area contributed by atoms with Crippen molar-refractivity contribution >= 4 is 11.5 Å². The van der Waals surface area contributed by atoms with Crippen LogP contribution in [0.5, 0.6) is 0 Å². The second kappa shape index (κ2) is 5.79. The highest BCUT2D eigenvalue weighted by Gasteiger charge is 2.52. The Morgan fingerprint density at radius 1 is 1.39 bits per heavy atom. The van der Waals surface area contributed by atoms with Crippen LogP contribution in [0.3, 0.4) is 0 Å². The molecule has 0 spiro atoms. The van der Waals surface area contributed by atoms with Gasteiger partial charge in [-0.2, -0.15) is 0 Å². The van der Waals surface area contributed by atoms with Crippen LogP contribution in [-0.4, -0.2) is 24.3 Å². The molecule has 0 heterocycles. The van der Waals surface area contributed by atoms with Gasteiger partial charge in [-0.15, -0.1) is 0 Å². The van der Waals surface area contributed by atoms with E-state index in [4.69, 9.17) is 4.74 Å². The summed E-state index contributed by atoms with van der Waals surface area (Å²) in [6.07, 6.45) is 2.83. The molecule has 0 aromatic heterocycles. The van der Waals surface area contributed by atoms with Crippen molar-refractivity contribution < 1.29 is 14.6 Å². The van der Waals surface area contributed by atoms with Crippen molar-refractivity contribution in [3.63, 3.8) is 0 Å². The molecule has 0 saturated heterocycles. The maximum absolute atomic E-state index is 12.2. The van der Waals surface area contributed by atoms with E-state index < -0.39 is 12.0 Å². The maximum atomic E-state index is 12.2. The van der Waals surface area contributed by atoms with Crippen LogP contribution in [0.1, 0.15) is 49.8 Å². The third-order valence-corrected chi connectivity index (χ3v) is 6.04. The number of methoxy groups -OCH3 is 1. The molecular weight excluding hydrogens is 288 g/mol. The van der Waals surface area contributed by atoms with Gasteiger partial charge in [-0.05, 0) is 60.6 Å². The molecule has 3 heteroatoms. The summed E-state index contributed by atoms with van der Waals surface area (Å²) in [4.78, 5) is 12.2. The van der Waals surface area contributed by atoms with Crippen LogP contribution in [-0.2, 0) is 21.4 Å². The summed E-state index contributed by atoms with van der Waals surface area (Å²) in [5, 5.41) is 10.4. The summed E-state index contributed by atoms with van der Waals surface area (Å²) in [5.74, 6) is -0.537.